The molecule has 230 valence electrons. The van der Waals surface area contributed by atoms with E-state index in [-0.39, 0.29) is 76.0 Å². The fourth-order valence-corrected chi connectivity index (χ4v) is 5.63. The number of rotatable bonds is 5. The molecular formula is C30H27ClF4N6O3. The number of aryl methyl sites for hydroxylation is 1. The van der Waals surface area contributed by atoms with E-state index in [4.69, 9.17) is 11.6 Å². The van der Waals surface area contributed by atoms with Gasteiger partial charge in [-0.3, -0.25) is 9.78 Å². The fourth-order valence-electron chi connectivity index (χ4n) is 5.38. The van der Waals surface area contributed by atoms with Crippen LogP contribution in [0.2, 0.25) is 5.02 Å². The maximum absolute atomic E-state index is 15.0. The van der Waals surface area contributed by atoms with Crippen LogP contribution in [-0.4, -0.2) is 67.3 Å². The molecule has 0 spiro atoms. The number of hydrogen-bond donors (Lipinski definition) is 1. The Balaban J connectivity index is 1.85. The van der Waals surface area contributed by atoms with E-state index in [0.29, 0.717) is 0 Å². The van der Waals surface area contributed by atoms with Crippen molar-refractivity contribution in [2.75, 3.05) is 24.5 Å². The predicted molar refractivity (Wildman–Crippen MR) is 158 cm³/mol. The second-order valence-corrected chi connectivity index (χ2v) is 10.9. The van der Waals surface area contributed by atoms with E-state index in [1.807, 2.05) is 6.92 Å². The van der Waals surface area contributed by atoms with Crippen molar-refractivity contribution < 1.29 is 27.5 Å². The van der Waals surface area contributed by atoms with Gasteiger partial charge in [-0.25, -0.2) is 18.7 Å². The minimum Gasteiger partial charge on any atom is -0.507 e. The van der Waals surface area contributed by atoms with Gasteiger partial charge in [0.2, 0.25) is 5.91 Å². The molecule has 4 aromatic rings. The molecule has 1 amide bonds. The minimum atomic E-state index is -4.69. The largest absolute Gasteiger partial charge is 0.507 e. The number of fused-ring (bicyclic) bond motifs is 1. The second-order valence-electron chi connectivity index (χ2n) is 10.5. The second kappa shape index (κ2) is 11.5. The number of nitrogens with zero attached hydrogens (tertiary/aromatic N) is 6. The van der Waals surface area contributed by atoms with E-state index in [9.17, 15) is 27.9 Å². The van der Waals surface area contributed by atoms with Gasteiger partial charge in [-0.2, -0.15) is 18.2 Å². The van der Waals surface area contributed by atoms with Gasteiger partial charge in [0, 0.05) is 31.9 Å². The van der Waals surface area contributed by atoms with Crippen LogP contribution in [0.4, 0.5) is 23.4 Å². The number of carbonyl (C=O) groups is 1. The van der Waals surface area contributed by atoms with E-state index < -0.39 is 35.0 Å². The van der Waals surface area contributed by atoms with Crippen molar-refractivity contribution in [1.29, 1.82) is 0 Å². The number of pyridine rings is 2. The molecule has 0 radical (unpaired) electrons. The molecule has 1 fully saturated rings. The average molecular weight is 631 g/mol. The number of piperazine rings is 1. The van der Waals surface area contributed by atoms with Crippen LogP contribution in [0, 0.1) is 12.7 Å². The molecule has 0 saturated carbocycles. The molecule has 1 N–H and O–H groups in total. The van der Waals surface area contributed by atoms with Crippen LogP contribution in [-0.2, 0) is 4.79 Å². The molecule has 1 aromatic carbocycles. The maximum Gasteiger partial charge on any atom is 0.397 e. The van der Waals surface area contributed by atoms with Crippen LogP contribution in [0.15, 0.2) is 54.0 Å². The first-order valence-electron chi connectivity index (χ1n) is 13.6. The van der Waals surface area contributed by atoms with Crippen LogP contribution < -0.4 is 10.6 Å². The first-order chi connectivity index (χ1) is 20.7. The smallest absolute Gasteiger partial charge is 0.397 e. The lowest BCUT2D eigenvalue weighted by molar-refractivity contribution is -0.147. The van der Waals surface area contributed by atoms with Gasteiger partial charge in [0.05, 0.1) is 39.0 Å². The SMILES string of the molecule is C=CC(=O)N1CCN(c2nc(=O)n(-c3c(C)ccnc3C(C)C(F)(F)F)c3nc(-c4c(O)cccc4F)c(Cl)cc23)[C@@H](C)C1. The Morgan fingerprint density at radius 3 is 2.59 bits per heavy atom. The first-order valence-corrected chi connectivity index (χ1v) is 13.9. The van der Waals surface area contributed by atoms with Crippen LogP contribution in [0.25, 0.3) is 28.0 Å². The van der Waals surface area contributed by atoms with Crippen molar-refractivity contribution in [3.8, 4) is 22.7 Å². The topological polar surface area (TPSA) is 104 Å². The third-order valence-electron chi connectivity index (χ3n) is 7.69. The molecule has 1 saturated heterocycles. The summed E-state index contributed by atoms with van der Waals surface area (Å²) >= 11 is 6.62. The molecule has 9 nitrogen and oxygen atoms in total. The lowest BCUT2D eigenvalue weighted by Gasteiger charge is -2.40. The summed E-state index contributed by atoms with van der Waals surface area (Å²) in [5.41, 5.74) is -2.07. The summed E-state index contributed by atoms with van der Waals surface area (Å²) in [7, 11) is 0. The summed E-state index contributed by atoms with van der Waals surface area (Å²) in [6, 6.07) is 6.08. The Hall–Kier alpha value is -4.52. The summed E-state index contributed by atoms with van der Waals surface area (Å²) in [6.07, 6.45) is -2.28. The Kier molecular flexibility index (Phi) is 8.10. The predicted octanol–water partition coefficient (Wildman–Crippen LogP) is 5.54. The molecule has 1 unspecified atom stereocenters. The molecule has 5 rings (SSSR count). The van der Waals surface area contributed by atoms with Gasteiger partial charge < -0.3 is 14.9 Å². The van der Waals surface area contributed by atoms with Crippen LogP contribution >= 0.6 is 11.6 Å². The number of anilines is 1. The number of aromatic hydroxyl groups is 1. The summed E-state index contributed by atoms with van der Waals surface area (Å²) < 4.78 is 57.9. The lowest BCUT2D eigenvalue weighted by Crippen LogP contribution is -2.54. The first kappa shape index (κ1) is 30.9. The van der Waals surface area contributed by atoms with Gasteiger partial charge in [-0.1, -0.05) is 24.2 Å². The highest BCUT2D eigenvalue weighted by Gasteiger charge is 2.40. The average Bonchev–Trinajstić information content (AvgIpc) is 2.96. The molecule has 44 heavy (non-hydrogen) atoms. The van der Waals surface area contributed by atoms with E-state index in [1.165, 1.54) is 43.5 Å². The van der Waals surface area contributed by atoms with Gasteiger partial charge in [-0.15, -0.1) is 0 Å². The van der Waals surface area contributed by atoms with E-state index in [1.54, 1.807) is 9.80 Å². The van der Waals surface area contributed by atoms with Crippen LogP contribution in [0.3, 0.4) is 0 Å². The van der Waals surface area contributed by atoms with Gasteiger partial charge >= 0.3 is 11.9 Å². The molecule has 14 heteroatoms. The third-order valence-corrected chi connectivity index (χ3v) is 7.98. The fraction of sp³-hybridized carbons (Fsp3) is 0.300. The number of halogens is 5. The quantitative estimate of drug-likeness (QED) is 0.228. The van der Waals surface area contributed by atoms with Gasteiger partial charge in [0.15, 0.2) is 5.65 Å². The van der Waals surface area contributed by atoms with E-state index in [2.05, 4.69) is 21.5 Å². The number of carbonyl (C=O) groups excluding carboxylic acids is 1. The minimum absolute atomic E-state index is 0.105. The van der Waals surface area contributed by atoms with E-state index >= 15 is 4.39 Å². The zero-order valence-corrected chi connectivity index (χ0v) is 24.6. The van der Waals surface area contributed by atoms with Crippen molar-refractivity contribution in [2.45, 2.75) is 38.9 Å². The summed E-state index contributed by atoms with van der Waals surface area (Å²) in [6.45, 7) is 8.59. The molecule has 0 aliphatic carbocycles. The Morgan fingerprint density at radius 2 is 1.95 bits per heavy atom. The number of phenolic OH excluding ortho intramolecular Hbond substituents is 1. The summed E-state index contributed by atoms with van der Waals surface area (Å²) in [5, 5.41) is 10.6. The van der Waals surface area contributed by atoms with E-state index in [0.717, 1.165) is 17.6 Å². The number of hydrogen-bond acceptors (Lipinski definition) is 7. The third kappa shape index (κ3) is 5.36. The standard InChI is InChI=1S/C30H27ClF4N6O3/c1-5-22(43)39-11-12-40(16(3)14-39)27-18-13-19(31)25(23-20(32)7-6-8-21(23)42)37-28(18)41(29(44)38-27)26-15(2)9-10-36-24(26)17(4)30(33,34)35/h5-10,13,16-17,42H,1,11-12,14H2,2-4H3/t16-,17?/m0/s1. The summed E-state index contributed by atoms with van der Waals surface area (Å²) in [5.74, 6) is -3.55. The van der Waals surface area contributed by atoms with Crippen molar-refractivity contribution in [3.05, 3.63) is 81.8 Å². The zero-order chi connectivity index (χ0) is 32.1. The molecule has 2 atom stereocenters. The highest BCUT2D eigenvalue weighted by atomic mass is 35.5. The maximum atomic E-state index is 15.0. The Labute approximate surface area is 254 Å². The zero-order valence-electron chi connectivity index (χ0n) is 23.9. The van der Waals surface area contributed by atoms with Gasteiger partial charge in [0.1, 0.15) is 17.4 Å². The molecule has 0 bridgehead atoms. The number of amides is 1. The Bertz CT molecular complexity index is 1840. The number of aromatic nitrogens is 4. The normalized spacial score (nSPS) is 16.3. The van der Waals surface area contributed by atoms with Crippen molar-refractivity contribution >= 4 is 34.4 Å². The number of phenols is 1. The molecule has 4 heterocycles. The molecule has 1 aliphatic heterocycles. The van der Waals surface area contributed by atoms with Gasteiger partial charge in [0.25, 0.3) is 0 Å². The molecule has 3 aromatic heterocycles. The molecule has 1 aliphatic rings. The highest BCUT2D eigenvalue weighted by molar-refractivity contribution is 6.34. The Morgan fingerprint density at radius 1 is 1.23 bits per heavy atom. The van der Waals surface area contributed by atoms with Crippen molar-refractivity contribution in [2.24, 2.45) is 0 Å². The summed E-state index contributed by atoms with van der Waals surface area (Å²) in [4.78, 5) is 42.3. The van der Waals surface area contributed by atoms with Crippen LogP contribution in [0.1, 0.15) is 31.0 Å². The van der Waals surface area contributed by atoms with Crippen LogP contribution in [0.5, 0.6) is 5.75 Å². The number of benzene rings is 1. The number of alkyl halides is 3. The molecular weight excluding hydrogens is 604 g/mol. The van der Waals surface area contributed by atoms with Crippen molar-refractivity contribution in [3.63, 3.8) is 0 Å². The van der Waals surface area contributed by atoms with Gasteiger partial charge in [-0.05, 0) is 56.7 Å². The highest BCUT2D eigenvalue weighted by Crippen LogP contribution is 2.41. The lowest BCUT2D eigenvalue weighted by atomic mass is 10.0. The monoisotopic (exact) mass is 630 g/mol. The van der Waals surface area contributed by atoms with Crippen molar-refractivity contribution in [1.82, 2.24) is 24.4 Å².